The van der Waals surface area contributed by atoms with Gasteiger partial charge in [0, 0.05) is 12.3 Å². The van der Waals surface area contributed by atoms with Gasteiger partial charge in [-0.15, -0.1) is 0 Å². The predicted molar refractivity (Wildman–Crippen MR) is 128 cm³/mol. The van der Waals surface area contributed by atoms with E-state index >= 15 is 0 Å². The number of nitriles is 1. The standard InChI is InChI=1S/C21H16BrClN6O4S/c1-11-5-12(8-24)6-14(20(30)26-13-9-34(32,33)10-13)18(11)27-21(31)16-7-17(22)28-29(16)19-15(23)3-2-4-25-19/h2-7,13H,9-10H2,1H3,(H,26,30)(H,27,31). The number of sulfone groups is 1. The minimum absolute atomic E-state index is 0.0372. The summed E-state index contributed by atoms with van der Waals surface area (Å²) in [6, 6.07) is 9.04. The number of hydrogen-bond acceptors (Lipinski definition) is 7. The predicted octanol–water partition coefficient (Wildman–Crippen LogP) is 2.64. The Labute approximate surface area is 208 Å². The average Bonchev–Trinajstić information content (AvgIpc) is 3.15. The van der Waals surface area contributed by atoms with Gasteiger partial charge in [-0.05, 0) is 52.7 Å². The normalized spacial score (nSPS) is 14.6. The number of nitrogens with zero attached hydrogens (tertiary/aromatic N) is 4. The van der Waals surface area contributed by atoms with Gasteiger partial charge in [-0.1, -0.05) is 11.6 Å². The van der Waals surface area contributed by atoms with E-state index in [1.54, 1.807) is 19.1 Å². The lowest BCUT2D eigenvalue weighted by atomic mass is 10.0. The molecule has 4 rings (SSSR count). The molecule has 1 aromatic carbocycles. The third-order valence-corrected chi connectivity index (χ3v) is 7.55. The Hall–Kier alpha value is -3.27. The van der Waals surface area contributed by atoms with Gasteiger partial charge in [-0.3, -0.25) is 9.59 Å². The van der Waals surface area contributed by atoms with Crippen molar-refractivity contribution in [2.45, 2.75) is 13.0 Å². The van der Waals surface area contributed by atoms with Crippen LogP contribution in [0.5, 0.6) is 0 Å². The molecule has 0 spiro atoms. The molecule has 3 aromatic rings. The minimum Gasteiger partial charge on any atom is -0.347 e. The minimum atomic E-state index is -3.14. The van der Waals surface area contributed by atoms with Crippen molar-refractivity contribution in [2.75, 3.05) is 16.8 Å². The zero-order valence-corrected chi connectivity index (χ0v) is 20.7. The summed E-state index contributed by atoms with van der Waals surface area (Å²) in [5, 5.41) is 19.2. The second kappa shape index (κ2) is 9.17. The Morgan fingerprint density at radius 3 is 2.65 bits per heavy atom. The number of aryl methyl sites for hydroxylation is 1. The van der Waals surface area contributed by atoms with Gasteiger partial charge in [-0.25, -0.2) is 18.1 Å². The Bertz CT molecular complexity index is 1470. The number of carbonyl (C=O) groups excluding carboxylic acids is 2. The summed E-state index contributed by atoms with van der Waals surface area (Å²) in [5.74, 6) is -1.28. The van der Waals surface area contributed by atoms with E-state index in [2.05, 4.69) is 36.6 Å². The fraction of sp³-hybridized carbons (Fsp3) is 0.190. The lowest BCUT2D eigenvalue weighted by Gasteiger charge is -2.27. The van der Waals surface area contributed by atoms with Crippen LogP contribution in [0.3, 0.4) is 0 Å². The smallest absolute Gasteiger partial charge is 0.274 e. The van der Waals surface area contributed by atoms with E-state index in [9.17, 15) is 23.3 Å². The van der Waals surface area contributed by atoms with Crippen molar-refractivity contribution in [3.63, 3.8) is 0 Å². The molecule has 1 fully saturated rings. The molecule has 3 heterocycles. The monoisotopic (exact) mass is 562 g/mol. The summed E-state index contributed by atoms with van der Waals surface area (Å²) >= 11 is 9.47. The highest BCUT2D eigenvalue weighted by Gasteiger charge is 2.35. The topological polar surface area (TPSA) is 147 Å². The van der Waals surface area contributed by atoms with Gasteiger partial charge in [0.2, 0.25) is 0 Å². The molecule has 174 valence electrons. The highest BCUT2D eigenvalue weighted by atomic mass is 79.9. The van der Waals surface area contributed by atoms with E-state index < -0.39 is 27.7 Å². The second-order valence-electron chi connectivity index (χ2n) is 7.60. The van der Waals surface area contributed by atoms with Crippen molar-refractivity contribution in [1.82, 2.24) is 20.1 Å². The van der Waals surface area contributed by atoms with Crippen molar-refractivity contribution in [1.29, 1.82) is 5.26 Å². The van der Waals surface area contributed by atoms with E-state index in [-0.39, 0.29) is 44.9 Å². The number of nitrogens with one attached hydrogen (secondary N) is 2. The molecule has 0 radical (unpaired) electrons. The summed E-state index contributed by atoms with van der Waals surface area (Å²) < 4.78 is 24.5. The number of hydrogen-bond donors (Lipinski definition) is 2. The Balaban J connectivity index is 1.68. The molecule has 1 aliphatic rings. The molecule has 0 atom stereocenters. The highest BCUT2D eigenvalue weighted by molar-refractivity contribution is 9.10. The van der Waals surface area contributed by atoms with Crippen LogP contribution < -0.4 is 10.6 Å². The van der Waals surface area contributed by atoms with E-state index in [4.69, 9.17) is 11.6 Å². The fourth-order valence-corrected chi connectivity index (χ4v) is 5.37. The first kappa shape index (κ1) is 23.9. The van der Waals surface area contributed by atoms with Gasteiger partial charge in [0.1, 0.15) is 10.3 Å². The van der Waals surface area contributed by atoms with Gasteiger partial charge in [-0.2, -0.15) is 10.4 Å². The number of carbonyl (C=O) groups is 2. The van der Waals surface area contributed by atoms with E-state index in [0.717, 1.165) is 0 Å². The van der Waals surface area contributed by atoms with E-state index in [1.807, 2.05) is 6.07 Å². The Morgan fingerprint density at radius 2 is 2.00 bits per heavy atom. The van der Waals surface area contributed by atoms with Crippen LogP contribution in [0.2, 0.25) is 5.02 Å². The van der Waals surface area contributed by atoms with Crippen LogP contribution in [-0.4, -0.2) is 52.5 Å². The van der Waals surface area contributed by atoms with Gasteiger partial charge >= 0.3 is 0 Å². The SMILES string of the molecule is Cc1cc(C#N)cc(C(=O)NC2CS(=O)(=O)C2)c1NC(=O)c1cc(Br)nn1-c1ncccc1Cl. The first-order valence-electron chi connectivity index (χ1n) is 9.82. The summed E-state index contributed by atoms with van der Waals surface area (Å²) in [6.45, 7) is 1.64. The zero-order valence-electron chi connectivity index (χ0n) is 17.5. The molecule has 0 aliphatic carbocycles. The second-order valence-corrected chi connectivity index (χ2v) is 11.0. The van der Waals surface area contributed by atoms with Gasteiger partial charge in [0.05, 0.1) is 45.5 Å². The Morgan fingerprint density at radius 1 is 1.26 bits per heavy atom. The third-order valence-electron chi connectivity index (χ3n) is 5.05. The lowest BCUT2D eigenvalue weighted by molar-refractivity contribution is 0.0942. The maximum absolute atomic E-state index is 13.2. The van der Waals surface area contributed by atoms with Crippen molar-refractivity contribution >= 4 is 54.9 Å². The summed E-state index contributed by atoms with van der Waals surface area (Å²) in [7, 11) is -3.14. The molecule has 1 saturated heterocycles. The first-order valence-corrected chi connectivity index (χ1v) is 12.8. The van der Waals surface area contributed by atoms with Crippen molar-refractivity contribution in [3.05, 3.63) is 68.5 Å². The maximum atomic E-state index is 13.2. The van der Waals surface area contributed by atoms with Crippen LogP contribution in [0.1, 0.15) is 32.0 Å². The molecule has 0 saturated carbocycles. The Kier molecular flexibility index (Phi) is 6.44. The van der Waals surface area contributed by atoms with Gasteiger partial charge in [0.25, 0.3) is 11.8 Å². The van der Waals surface area contributed by atoms with E-state index in [1.165, 1.54) is 29.1 Å². The molecule has 13 heteroatoms. The summed E-state index contributed by atoms with van der Waals surface area (Å²) in [5.41, 5.74) is 0.997. The highest BCUT2D eigenvalue weighted by Crippen LogP contribution is 2.26. The van der Waals surface area contributed by atoms with Crippen LogP contribution >= 0.6 is 27.5 Å². The molecule has 0 unspecified atom stereocenters. The molecule has 2 amide bonds. The molecule has 2 aromatic heterocycles. The zero-order chi connectivity index (χ0) is 24.6. The number of amides is 2. The number of aromatic nitrogens is 3. The first-order chi connectivity index (χ1) is 16.1. The van der Waals surface area contributed by atoms with Gasteiger partial charge < -0.3 is 10.6 Å². The van der Waals surface area contributed by atoms with Crippen LogP contribution in [0.25, 0.3) is 5.82 Å². The number of pyridine rings is 1. The number of halogens is 2. The van der Waals surface area contributed by atoms with Crippen molar-refractivity contribution in [3.8, 4) is 11.9 Å². The fourth-order valence-electron chi connectivity index (χ4n) is 3.49. The molecule has 2 N–H and O–H groups in total. The molecule has 34 heavy (non-hydrogen) atoms. The van der Waals surface area contributed by atoms with Crippen LogP contribution in [-0.2, 0) is 9.84 Å². The van der Waals surface area contributed by atoms with Crippen LogP contribution in [0.4, 0.5) is 5.69 Å². The molecule has 0 bridgehead atoms. The summed E-state index contributed by atoms with van der Waals surface area (Å²) in [6.07, 6.45) is 1.51. The maximum Gasteiger partial charge on any atom is 0.274 e. The molecule has 10 nitrogen and oxygen atoms in total. The van der Waals surface area contributed by atoms with Crippen molar-refractivity contribution < 1.29 is 18.0 Å². The summed E-state index contributed by atoms with van der Waals surface area (Å²) in [4.78, 5) is 30.4. The molecular weight excluding hydrogens is 548 g/mol. The number of benzene rings is 1. The molecule has 1 aliphatic heterocycles. The lowest BCUT2D eigenvalue weighted by Crippen LogP contribution is -2.53. The average molecular weight is 564 g/mol. The number of rotatable bonds is 5. The van der Waals surface area contributed by atoms with Crippen LogP contribution in [0, 0.1) is 18.3 Å². The van der Waals surface area contributed by atoms with Gasteiger partial charge in [0.15, 0.2) is 15.7 Å². The number of anilines is 1. The van der Waals surface area contributed by atoms with Crippen molar-refractivity contribution in [2.24, 2.45) is 0 Å². The third kappa shape index (κ3) is 4.82. The quantitative estimate of drug-likeness (QED) is 0.485. The van der Waals surface area contributed by atoms with E-state index in [0.29, 0.717) is 10.2 Å². The largest absolute Gasteiger partial charge is 0.347 e. The molecular formula is C21H16BrClN6O4S. The van der Waals surface area contributed by atoms with Crippen LogP contribution in [0.15, 0.2) is 41.1 Å².